The Labute approximate surface area is 181 Å². The summed E-state index contributed by atoms with van der Waals surface area (Å²) in [6.45, 7) is 0. The van der Waals surface area contributed by atoms with E-state index in [4.69, 9.17) is 10.2 Å². The Kier molecular flexibility index (Phi) is 6.66. The van der Waals surface area contributed by atoms with Crippen molar-refractivity contribution in [1.82, 2.24) is 0 Å². The molecule has 0 bridgehead atoms. The normalized spacial score (nSPS) is 10.0. The van der Waals surface area contributed by atoms with Crippen LogP contribution in [0.4, 0.5) is 32.3 Å². The Morgan fingerprint density at radius 1 is 0.500 bits per heavy atom. The molecule has 0 fully saturated rings. The van der Waals surface area contributed by atoms with E-state index >= 15 is 0 Å². The molecule has 32 heavy (non-hydrogen) atoms. The molecular formula is C22H18N4O6. The number of carbonyl (C=O) groups excluding carboxylic acids is 2. The fourth-order valence-electron chi connectivity index (χ4n) is 2.69. The van der Waals surface area contributed by atoms with Crippen molar-refractivity contribution in [3.63, 3.8) is 0 Å². The maximum absolute atomic E-state index is 12.2. The number of para-hydroxylation sites is 1. The Morgan fingerprint density at radius 2 is 0.875 bits per heavy atom. The molecule has 4 amide bonds. The van der Waals surface area contributed by atoms with Crippen molar-refractivity contribution in [3.8, 4) is 0 Å². The first kappa shape index (κ1) is 21.8. The standard InChI is InChI=1S/C22H18N4O6/c27-19(28)13-10-14(20(29)30)12-18(11-13)26-22(32)25-17-8-6-16(7-9-17)24-21(31)23-15-4-2-1-3-5-15/h1-12H,(H,27,28)(H,29,30)(H2,23,24,31)(H2,25,26,32). The van der Waals surface area contributed by atoms with Gasteiger partial charge in [0, 0.05) is 22.7 Å². The Morgan fingerprint density at radius 3 is 1.28 bits per heavy atom. The van der Waals surface area contributed by atoms with Gasteiger partial charge < -0.3 is 31.5 Å². The van der Waals surface area contributed by atoms with Gasteiger partial charge in [0.1, 0.15) is 0 Å². The first-order valence-electron chi connectivity index (χ1n) is 9.23. The van der Waals surface area contributed by atoms with Gasteiger partial charge in [-0.15, -0.1) is 0 Å². The SMILES string of the molecule is O=C(Nc1ccccc1)Nc1ccc(NC(=O)Nc2cc(C(=O)O)cc(C(=O)O)c2)cc1. The summed E-state index contributed by atoms with van der Waals surface area (Å²) in [6.07, 6.45) is 0. The molecule has 0 saturated heterocycles. The number of hydrogen-bond acceptors (Lipinski definition) is 4. The van der Waals surface area contributed by atoms with E-state index in [1.165, 1.54) is 0 Å². The van der Waals surface area contributed by atoms with E-state index in [9.17, 15) is 19.2 Å². The van der Waals surface area contributed by atoms with Crippen LogP contribution >= 0.6 is 0 Å². The van der Waals surface area contributed by atoms with E-state index in [1.54, 1.807) is 48.5 Å². The predicted molar refractivity (Wildman–Crippen MR) is 119 cm³/mol. The van der Waals surface area contributed by atoms with E-state index < -0.39 is 24.0 Å². The van der Waals surface area contributed by atoms with Gasteiger partial charge in [0.05, 0.1) is 11.1 Å². The minimum atomic E-state index is -1.32. The molecule has 3 aromatic carbocycles. The van der Waals surface area contributed by atoms with Crippen LogP contribution in [-0.4, -0.2) is 34.2 Å². The van der Waals surface area contributed by atoms with Gasteiger partial charge in [-0.05, 0) is 54.6 Å². The third-order valence-corrected chi connectivity index (χ3v) is 4.12. The number of carbonyl (C=O) groups is 4. The third kappa shape index (κ3) is 6.07. The van der Waals surface area contributed by atoms with Crippen LogP contribution in [0.3, 0.4) is 0 Å². The smallest absolute Gasteiger partial charge is 0.335 e. The fourth-order valence-corrected chi connectivity index (χ4v) is 2.69. The molecule has 0 spiro atoms. The zero-order valence-electron chi connectivity index (χ0n) is 16.5. The highest BCUT2D eigenvalue weighted by Crippen LogP contribution is 2.18. The number of carboxylic acids is 2. The Hall–Kier alpha value is -4.86. The fraction of sp³-hybridized carbons (Fsp3) is 0. The number of urea groups is 2. The van der Waals surface area contributed by atoms with Gasteiger partial charge in [-0.1, -0.05) is 18.2 Å². The van der Waals surface area contributed by atoms with E-state index in [-0.39, 0.29) is 16.8 Å². The second-order valence-corrected chi connectivity index (χ2v) is 6.51. The van der Waals surface area contributed by atoms with Crippen LogP contribution in [0, 0.1) is 0 Å². The average Bonchev–Trinajstić information content (AvgIpc) is 2.75. The van der Waals surface area contributed by atoms with Crippen LogP contribution in [0.15, 0.2) is 72.8 Å². The molecular weight excluding hydrogens is 416 g/mol. The molecule has 0 aliphatic carbocycles. The third-order valence-electron chi connectivity index (χ3n) is 4.12. The number of rotatable bonds is 6. The van der Waals surface area contributed by atoms with Crippen LogP contribution in [0.25, 0.3) is 0 Å². The highest BCUT2D eigenvalue weighted by molar-refractivity contribution is 6.03. The van der Waals surface area contributed by atoms with Crippen LogP contribution in [0.2, 0.25) is 0 Å². The topological polar surface area (TPSA) is 157 Å². The Bertz CT molecular complexity index is 1130. The summed E-state index contributed by atoms with van der Waals surface area (Å²) >= 11 is 0. The molecule has 3 rings (SSSR count). The molecule has 0 aliphatic heterocycles. The minimum absolute atomic E-state index is 0.00988. The van der Waals surface area contributed by atoms with Crippen molar-refractivity contribution in [2.75, 3.05) is 21.3 Å². The molecule has 0 unspecified atom stereocenters. The number of carboxylic acid groups (broad SMARTS) is 2. The lowest BCUT2D eigenvalue weighted by atomic mass is 10.1. The summed E-state index contributed by atoms with van der Waals surface area (Å²) in [5.74, 6) is -2.65. The number of aromatic carboxylic acids is 2. The van der Waals surface area contributed by atoms with Crippen molar-refractivity contribution >= 4 is 46.8 Å². The summed E-state index contributed by atoms with van der Waals surface area (Å²) in [5.41, 5.74) is 0.983. The van der Waals surface area contributed by atoms with E-state index in [1.807, 2.05) is 6.07 Å². The van der Waals surface area contributed by atoms with Crippen LogP contribution < -0.4 is 21.3 Å². The molecule has 0 saturated carbocycles. The summed E-state index contributed by atoms with van der Waals surface area (Å²) < 4.78 is 0. The maximum Gasteiger partial charge on any atom is 0.335 e. The summed E-state index contributed by atoms with van der Waals surface area (Å²) in [6, 6.07) is 17.3. The van der Waals surface area contributed by atoms with E-state index in [0.717, 1.165) is 18.2 Å². The van der Waals surface area contributed by atoms with Crippen molar-refractivity contribution in [3.05, 3.63) is 83.9 Å². The first-order chi connectivity index (χ1) is 15.3. The predicted octanol–water partition coefficient (Wildman–Crippen LogP) is 4.37. The highest BCUT2D eigenvalue weighted by atomic mass is 16.4. The lowest BCUT2D eigenvalue weighted by Crippen LogP contribution is -2.20. The molecule has 6 N–H and O–H groups in total. The van der Waals surface area contributed by atoms with Crippen LogP contribution in [-0.2, 0) is 0 Å². The zero-order valence-corrected chi connectivity index (χ0v) is 16.5. The summed E-state index contributed by atoms with van der Waals surface area (Å²) in [4.78, 5) is 46.5. The van der Waals surface area contributed by atoms with Gasteiger partial charge in [-0.3, -0.25) is 0 Å². The monoisotopic (exact) mass is 434 g/mol. The van der Waals surface area contributed by atoms with Crippen LogP contribution in [0.5, 0.6) is 0 Å². The molecule has 10 heteroatoms. The van der Waals surface area contributed by atoms with Crippen molar-refractivity contribution in [2.45, 2.75) is 0 Å². The van der Waals surface area contributed by atoms with Crippen LogP contribution in [0.1, 0.15) is 20.7 Å². The van der Waals surface area contributed by atoms with E-state index in [2.05, 4.69) is 21.3 Å². The average molecular weight is 434 g/mol. The van der Waals surface area contributed by atoms with Gasteiger partial charge in [0.25, 0.3) is 0 Å². The van der Waals surface area contributed by atoms with Crippen molar-refractivity contribution in [2.24, 2.45) is 0 Å². The maximum atomic E-state index is 12.2. The number of hydrogen-bond donors (Lipinski definition) is 6. The van der Waals surface area contributed by atoms with Crippen molar-refractivity contribution in [1.29, 1.82) is 0 Å². The Balaban J connectivity index is 1.59. The molecule has 0 aromatic heterocycles. The molecule has 0 radical (unpaired) electrons. The lowest BCUT2D eigenvalue weighted by Gasteiger charge is -2.11. The number of benzene rings is 3. The second-order valence-electron chi connectivity index (χ2n) is 6.51. The molecule has 162 valence electrons. The number of amides is 4. The highest BCUT2D eigenvalue weighted by Gasteiger charge is 2.13. The first-order valence-corrected chi connectivity index (χ1v) is 9.23. The molecule has 3 aromatic rings. The zero-order chi connectivity index (χ0) is 23.1. The molecule has 0 heterocycles. The molecule has 0 atom stereocenters. The quantitative estimate of drug-likeness (QED) is 0.338. The van der Waals surface area contributed by atoms with Gasteiger partial charge >= 0.3 is 24.0 Å². The second kappa shape index (κ2) is 9.76. The van der Waals surface area contributed by atoms with Gasteiger partial charge in [0.2, 0.25) is 0 Å². The van der Waals surface area contributed by atoms with Crippen molar-refractivity contribution < 1.29 is 29.4 Å². The van der Waals surface area contributed by atoms with Gasteiger partial charge in [-0.25, -0.2) is 19.2 Å². The van der Waals surface area contributed by atoms with Gasteiger partial charge in [-0.2, -0.15) is 0 Å². The largest absolute Gasteiger partial charge is 0.478 e. The lowest BCUT2D eigenvalue weighted by molar-refractivity contribution is 0.0696. The molecule has 0 aliphatic rings. The van der Waals surface area contributed by atoms with Gasteiger partial charge in [0.15, 0.2) is 0 Å². The molecule has 10 nitrogen and oxygen atoms in total. The summed E-state index contributed by atoms with van der Waals surface area (Å²) in [7, 11) is 0. The summed E-state index contributed by atoms with van der Waals surface area (Å²) in [5, 5.41) is 28.5. The number of anilines is 4. The number of nitrogens with one attached hydrogen (secondary N) is 4. The minimum Gasteiger partial charge on any atom is -0.478 e. The van der Waals surface area contributed by atoms with E-state index in [0.29, 0.717) is 17.1 Å².